The van der Waals surface area contributed by atoms with Gasteiger partial charge in [-0.05, 0) is 48.1 Å². The maximum Gasteiger partial charge on any atom is 0.413 e. The van der Waals surface area contributed by atoms with Gasteiger partial charge in [0, 0.05) is 6.42 Å². The van der Waals surface area contributed by atoms with Crippen LogP contribution in [0.5, 0.6) is 0 Å². The zero-order valence-electron chi connectivity index (χ0n) is 16.7. The highest BCUT2D eigenvalue weighted by Crippen LogP contribution is 2.24. The molecule has 0 bridgehead atoms. The summed E-state index contributed by atoms with van der Waals surface area (Å²) in [7, 11) is -2.39. The molecule has 1 unspecified atom stereocenters. The van der Waals surface area contributed by atoms with Crippen LogP contribution in [0.1, 0.15) is 5.56 Å². The van der Waals surface area contributed by atoms with Crippen LogP contribution >= 0.6 is 12.2 Å². The second kappa shape index (κ2) is 9.23. The summed E-state index contributed by atoms with van der Waals surface area (Å²) in [6.45, 7) is 0. The largest absolute Gasteiger partial charge is 0.453 e. The van der Waals surface area contributed by atoms with Crippen LogP contribution in [0.15, 0.2) is 88.7 Å². The molecule has 1 aliphatic rings. The molecule has 1 amide bonds. The average molecular weight is 456 g/mol. The lowest BCUT2D eigenvalue weighted by Gasteiger charge is -2.34. The van der Waals surface area contributed by atoms with Crippen molar-refractivity contribution >= 4 is 39.0 Å². The number of hydrogen-bond donors (Lipinski definition) is 3. The molecule has 0 aromatic heterocycles. The van der Waals surface area contributed by atoms with Gasteiger partial charge in [0.25, 0.3) is 0 Å². The highest BCUT2D eigenvalue weighted by molar-refractivity contribution is 7.91. The summed E-state index contributed by atoms with van der Waals surface area (Å²) in [6.07, 6.45) is 6.50. The Balaban J connectivity index is 1.85. The molecule has 0 fully saturated rings. The van der Waals surface area contributed by atoms with Gasteiger partial charge >= 0.3 is 6.09 Å². The fourth-order valence-electron chi connectivity index (χ4n) is 3.14. The summed E-state index contributed by atoms with van der Waals surface area (Å²) < 4.78 is 30.1. The van der Waals surface area contributed by atoms with Gasteiger partial charge in [-0.1, -0.05) is 48.6 Å². The predicted molar refractivity (Wildman–Crippen MR) is 122 cm³/mol. The fourth-order valence-corrected chi connectivity index (χ4v) is 4.69. The monoisotopic (exact) mass is 455 g/mol. The molecule has 1 aliphatic carbocycles. The van der Waals surface area contributed by atoms with Gasteiger partial charge in [-0.3, -0.25) is 5.32 Å². The molecule has 0 heterocycles. The van der Waals surface area contributed by atoms with E-state index in [4.69, 9.17) is 17.6 Å². The number of amides is 1. The average Bonchev–Trinajstić information content (AvgIpc) is 2.76. The summed E-state index contributed by atoms with van der Waals surface area (Å²) in [5.74, 6) is 0. The Labute approximate surface area is 186 Å². The molecule has 3 rings (SSSR count). The molecule has 7 nitrogen and oxygen atoms in total. The molecule has 160 valence electrons. The lowest BCUT2D eigenvalue weighted by atomic mass is 9.83. The number of nitrogens with one attached hydrogen (secondary N) is 3. The Bertz CT molecular complexity index is 1160. The number of ether oxygens (including phenoxy) is 1. The number of thiocarbonyl (C=S) groups is 1. The molecule has 0 radical (unpaired) electrons. The third kappa shape index (κ3) is 5.07. The molecular weight excluding hydrogens is 434 g/mol. The van der Waals surface area contributed by atoms with Crippen molar-refractivity contribution < 1.29 is 17.9 Å². The van der Waals surface area contributed by atoms with Crippen LogP contribution < -0.4 is 10.6 Å². The lowest BCUT2D eigenvalue weighted by molar-refractivity contribution is 0.176. The highest BCUT2D eigenvalue weighted by atomic mass is 32.2. The van der Waals surface area contributed by atoms with Gasteiger partial charge in [0.1, 0.15) is 5.54 Å². The van der Waals surface area contributed by atoms with Crippen molar-refractivity contribution in [2.75, 3.05) is 7.11 Å². The van der Waals surface area contributed by atoms with Gasteiger partial charge in [-0.15, -0.1) is 0 Å². The number of carbonyl (C=O) groups excluding carboxylic acids is 1. The minimum Gasteiger partial charge on any atom is -0.453 e. The second-order valence-corrected chi connectivity index (χ2v) is 9.17. The number of allylic oxidation sites excluding steroid dienone is 2. The van der Waals surface area contributed by atoms with E-state index in [1.165, 1.54) is 7.11 Å². The van der Waals surface area contributed by atoms with E-state index in [0.29, 0.717) is 6.42 Å². The van der Waals surface area contributed by atoms with Gasteiger partial charge in [-0.25, -0.2) is 13.2 Å². The van der Waals surface area contributed by atoms with Gasteiger partial charge in [0.05, 0.1) is 22.6 Å². The molecule has 31 heavy (non-hydrogen) atoms. The van der Waals surface area contributed by atoms with Crippen LogP contribution in [0.3, 0.4) is 0 Å². The molecule has 2 aromatic rings. The molecule has 2 aromatic carbocycles. The number of sulfone groups is 1. The summed E-state index contributed by atoms with van der Waals surface area (Å²) in [5, 5.41) is 13.8. The Hall–Kier alpha value is -3.30. The first-order valence-corrected chi connectivity index (χ1v) is 11.2. The lowest BCUT2D eigenvalue weighted by Crippen LogP contribution is -2.57. The van der Waals surface area contributed by atoms with Crippen molar-refractivity contribution in [3.8, 4) is 0 Å². The van der Waals surface area contributed by atoms with Crippen molar-refractivity contribution in [3.63, 3.8) is 0 Å². The Morgan fingerprint density at radius 3 is 2.32 bits per heavy atom. The molecule has 0 saturated carbocycles. The zero-order valence-corrected chi connectivity index (χ0v) is 18.3. The van der Waals surface area contributed by atoms with Crippen molar-refractivity contribution in [1.29, 1.82) is 5.41 Å². The molecule has 0 aliphatic heterocycles. The minimum atomic E-state index is -3.62. The summed E-state index contributed by atoms with van der Waals surface area (Å²) >= 11 is 5.19. The SMILES string of the molecule is COC(=O)NC(=S)NC1(Cc2ccc(S(=O)(=O)c3ccccc3)cc2)C=CC=CC1=N. The summed E-state index contributed by atoms with van der Waals surface area (Å²) in [5.41, 5.74) is 0.0160. The van der Waals surface area contributed by atoms with Gasteiger partial charge < -0.3 is 15.5 Å². The molecule has 9 heteroatoms. The number of carbonyl (C=O) groups is 1. The van der Waals surface area contributed by atoms with Crippen molar-refractivity contribution in [2.24, 2.45) is 0 Å². The fraction of sp³-hybridized carbons (Fsp3) is 0.136. The standard InChI is InChI=1S/C22H21N3O4S2/c1-29-21(26)24-20(30)25-22(14-6-5-9-19(22)23)15-16-10-12-18(13-11-16)31(27,28)17-7-3-2-4-8-17/h2-14,23H,15H2,1H3,(H2,24,25,26,30). The van der Waals surface area contributed by atoms with E-state index in [-0.39, 0.29) is 20.6 Å². The quantitative estimate of drug-likeness (QED) is 0.598. The van der Waals surface area contributed by atoms with E-state index in [0.717, 1.165) is 5.56 Å². The first-order chi connectivity index (χ1) is 14.8. The summed E-state index contributed by atoms with van der Waals surface area (Å²) in [6, 6.07) is 14.7. The van der Waals surface area contributed by atoms with Crippen LogP contribution in [0.2, 0.25) is 0 Å². The summed E-state index contributed by atoms with van der Waals surface area (Å²) in [4.78, 5) is 11.9. The maximum atomic E-state index is 12.8. The van der Waals surface area contributed by atoms with Crippen LogP contribution in [-0.2, 0) is 21.0 Å². The zero-order chi connectivity index (χ0) is 22.5. The van der Waals surface area contributed by atoms with Crippen molar-refractivity contribution in [1.82, 2.24) is 10.6 Å². The molecule has 3 N–H and O–H groups in total. The Kier molecular flexibility index (Phi) is 6.67. The first kappa shape index (κ1) is 22.4. The second-order valence-electron chi connectivity index (χ2n) is 6.81. The smallest absolute Gasteiger partial charge is 0.413 e. The third-order valence-electron chi connectivity index (χ3n) is 4.74. The Morgan fingerprint density at radius 2 is 1.71 bits per heavy atom. The molecule has 0 saturated heterocycles. The number of benzene rings is 2. The van der Waals surface area contributed by atoms with Crippen LogP contribution in [0.25, 0.3) is 0 Å². The number of rotatable bonds is 5. The molecule has 0 spiro atoms. The minimum absolute atomic E-state index is 0.0137. The first-order valence-electron chi connectivity index (χ1n) is 9.28. The number of alkyl carbamates (subject to hydrolysis) is 1. The topological polar surface area (TPSA) is 108 Å². The maximum absolute atomic E-state index is 12.8. The van der Waals surface area contributed by atoms with E-state index in [1.807, 2.05) is 0 Å². The number of hydrogen-bond acceptors (Lipinski definition) is 6. The van der Waals surface area contributed by atoms with Crippen LogP contribution in [0, 0.1) is 5.41 Å². The van der Waals surface area contributed by atoms with Gasteiger partial charge in [0.2, 0.25) is 9.84 Å². The van der Waals surface area contributed by atoms with Crippen molar-refractivity contribution in [3.05, 3.63) is 84.5 Å². The predicted octanol–water partition coefficient (Wildman–Crippen LogP) is 3.18. The van der Waals surface area contributed by atoms with E-state index in [1.54, 1.807) is 78.9 Å². The number of methoxy groups -OCH3 is 1. The Morgan fingerprint density at radius 1 is 1.06 bits per heavy atom. The van der Waals surface area contributed by atoms with Gasteiger partial charge in [0.15, 0.2) is 5.11 Å². The normalized spacial score (nSPS) is 17.8. The van der Waals surface area contributed by atoms with Crippen LogP contribution in [0.4, 0.5) is 4.79 Å². The van der Waals surface area contributed by atoms with Crippen LogP contribution in [-0.4, -0.2) is 38.0 Å². The third-order valence-corrected chi connectivity index (χ3v) is 6.73. The van der Waals surface area contributed by atoms with E-state index in [2.05, 4.69) is 15.4 Å². The van der Waals surface area contributed by atoms with E-state index >= 15 is 0 Å². The highest BCUT2D eigenvalue weighted by Gasteiger charge is 2.34. The van der Waals surface area contributed by atoms with E-state index < -0.39 is 21.5 Å². The van der Waals surface area contributed by atoms with Crippen molar-refractivity contribution in [2.45, 2.75) is 21.8 Å². The molecular formula is C22H21N3O4S2. The van der Waals surface area contributed by atoms with Gasteiger partial charge in [-0.2, -0.15) is 0 Å². The van der Waals surface area contributed by atoms with E-state index in [9.17, 15) is 13.2 Å². The molecule has 1 atom stereocenters.